The van der Waals surface area contributed by atoms with E-state index in [0.29, 0.717) is 6.61 Å². The van der Waals surface area contributed by atoms with Crippen LogP contribution in [0.3, 0.4) is 0 Å². The quantitative estimate of drug-likeness (QED) is 0.886. The van der Waals surface area contributed by atoms with E-state index in [-0.39, 0.29) is 11.6 Å². The molecule has 0 radical (unpaired) electrons. The molecule has 1 N–H and O–H groups in total. The van der Waals surface area contributed by atoms with Gasteiger partial charge in [-0.3, -0.25) is 0 Å². The Morgan fingerprint density at radius 1 is 1.32 bits per heavy atom. The number of benzene rings is 1. The van der Waals surface area contributed by atoms with Crippen LogP contribution in [0.4, 0.5) is 4.79 Å². The SMILES string of the molecule is O=C(OCc1ccccc1)N1CCC2(CCCN2)C1. The molecule has 2 saturated heterocycles. The van der Waals surface area contributed by atoms with Gasteiger partial charge in [-0.1, -0.05) is 30.3 Å². The van der Waals surface area contributed by atoms with Gasteiger partial charge in [-0.15, -0.1) is 0 Å². The van der Waals surface area contributed by atoms with Crippen molar-refractivity contribution in [1.82, 2.24) is 10.2 Å². The van der Waals surface area contributed by atoms with Crippen molar-refractivity contribution < 1.29 is 9.53 Å². The summed E-state index contributed by atoms with van der Waals surface area (Å²) in [6.07, 6.45) is 3.25. The molecule has 19 heavy (non-hydrogen) atoms. The summed E-state index contributed by atoms with van der Waals surface area (Å²) < 4.78 is 5.37. The Bertz CT molecular complexity index is 441. The summed E-state index contributed by atoms with van der Waals surface area (Å²) in [4.78, 5) is 13.9. The number of carbonyl (C=O) groups excluding carboxylic acids is 1. The lowest BCUT2D eigenvalue weighted by Crippen LogP contribution is -2.43. The first kappa shape index (κ1) is 12.5. The fourth-order valence-electron chi connectivity index (χ4n) is 3.06. The molecule has 0 aromatic heterocycles. The zero-order valence-corrected chi connectivity index (χ0v) is 11.1. The van der Waals surface area contributed by atoms with E-state index in [1.807, 2.05) is 35.2 Å². The highest BCUT2D eigenvalue weighted by molar-refractivity contribution is 5.68. The molecule has 2 aliphatic heterocycles. The second-order valence-corrected chi connectivity index (χ2v) is 5.52. The minimum absolute atomic E-state index is 0.172. The highest BCUT2D eigenvalue weighted by Gasteiger charge is 2.42. The molecule has 3 rings (SSSR count). The highest BCUT2D eigenvalue weighted by atomic mass is 16.6. The Morgan fingerprint density at radius 2 is 2.16 bits per heavy atom. The smallest absolute Gasteiger partial charge is 0.410 e. The van der Waals surface area contributed by atoms with E-state index < -0.39 is 0 Å². The molecule has 1 aromatic carbocycles. The summed E-state index contributed by atoms with van der Waals surface area (Å²) in [5.41, 5.74) is 1.20. The predicted octanol–water partition coefficient (Wildman–Crippen LogP) is 2.15. The monoisotopic (exact) mass is 260 g/mol. The van der Waals surface area contributed by atoms with Crippen LogP contribution in [0.15, 0.2) is 30.3 Å². The second-order valence-electron chi connectivity index (χ2n) is 5.52. The molecular formula is C15H20N2O2. The van der Waals surface area contributed by atoms with Crippen LogP contribution in [0.2, 0.25) is 0 Å². The zero-order valence-electron chi connectivity index (χ0n) is 11.1. The van der Waals surface area contributed by atoms with Crippen molar-refractivity contribution >= 4 is 6.09 Å². The van der Waals surface area contributed by atoms with Crippen LogP contribution in [-0.4, -0.2) is 36.2 Å². The van der Waals surface area contributed by atoms with Gasteiger partial charge in [-0.2, -0.15) is 0 Å². The third-order valence-electron chi connectivity index (χ3n) is 4.15. The third-order valence-corrected chi connectivity index (χ3v) is 4.15. The van der Waals surface area contributed by atoms with Crippen molar-refractivity contribution in [2.75, 3.05) is 19.6 Å². The summed E-state index contributed by atoms with van der Waals surface area (Å²) in [6, 6.07) is 9.81. The lowest BCUT2D eigenvalue weighted by molar-refractivity contribution is 0.102. The van der Waals surface area contributed by atoms with Crippen LogP contribution in [0.25, 0.3) is 0 Å². The molecule has 1 spiro atoms. The van der Waals surface area contributed by atoms with Gasteiger partial charge in [0.2, 0.25) is 0 Å². The molecule has 1 amide bonds. The van der Waals surface area contributed by atoms with Crippen LogP contribution < -0.4 is 5.32 Å². The number of rotatable bonds is 2. The number of ether oxygens (including phenoxy) is 1. The molecule has 0 bridgehead atoms. The van der Waals surface area contributed by atoms with Crippen molar-refractivity contribution in [3.63, 3.8) is 0 Å². The number of likely N-dealkylation sites (tertiary alicyclic amines) is 1. The van der Waals surface area contributed by atoms with Crippen molar-refractivity contribution in [3.8, 4) is 0 Å². The van der Waals surface area contributed by atoms with E-state index in [9.17, 15) is 4.79 Å². The Labute approximate surface area is 113 Å². The molecule has 0 saturated carbocycles. The third kappa shape index (κ3) is 2.73. The lowest BCUT2D eigenvalue weighted by atomic mass is 9.97. The van der Waals surface area contributed by atoms with Gasteiger partial charge in [-0.25, -0.2) is 4.79 Å². The van der Waals surface area contributed by atoms with Crippen molar-refractivity contribution in [2.45, 2.75) is 31.4 Å². The average Bonchev–Trinajstić information content (AvgIpc) is 3.08. The molecule has 4 nitrogen and oxygen atoms in total. The van der Waals surface area contributed by atoms with Crippen molar-refractivity contribution in [2.24, 2.45) is 0 Å². The molecule has 2 fully saturated rings. The zero-order chi connectivity index (χ0) is 13.1. The lowest BCUT2D eigenvalue weighted by Gasteiger charge is -2.23. The molecule has 102 valence electrons. The van der Waals surface area contributed by atoms with Crippen molar-refractivity contribution in [3.05, 3.63) is 35.9 Å². The van der Waals surface area contributed by atoms with Gasteiger partial charge in [0.1, 0.15) is 6.61 Å². The number of hydrogen-bond acceptors (Lipinski definition) is 3. The Kier molecular flexibility index (Phi) is 3.42. The van der Waals surface area contributed by atoms with Gasteiger partial charge in [0, 0.05) is 18.6 Å². The molecule has 1 atom stereocenters. The maximum atomic E-state index is 12.0. The van der Waals surface area contributed by atoms with Crippen molar-refractivity contribution in [1.29, 1.82) is 0 Å². The predicted molar refractivity (Wildman–Crippen MR) is 72.8 cm³/mol. The Morgan fingerprint density at radius 3 is 2.89 bits per heavy atom. The largest absolute Gasteiger partial charge is 0.445 e. The van der Waals surface area contributed by atoms with Crippen LogP contribution in [0.1, 0.15) is 24.8 Å². The van der Waals surface area contributed by atoms with Gasteiger partial charge >= 0.3 is 6.09 Å². The van der Waals surface area contributed by atoms with Crippen LogP contribution in [0.5, 0.6) is 0 Å². The summed E-state index contributed by atoms with van der Waals surface area (Å²) in [6.45, 7) is 3.03. The number of amides is 1. The number of hydrogen-bond donors (Lipinski definition) is 1. The molecular weight excluding hydrogens is 240 g/mol. The van der Waals surface area contributed by atoms with E-state index in [0.717, 1.165) is 31.6 Å². The molecule has 1 aromatic rings. The first-order valence-electron chi connectivity index (χ1n) is 6.98. The fraction of sp³-hybridized carbons (Fsp3) is 0.533. The van der Waals surface area contributed by atoms with E-state index in [1.165, 1.54) is 12.8 Å². The fourth-order valence-corrected chi connectivity index (χ4v) is 3.06. The first-order chi connectivity index (χ1) is 9.27. The topological polar surface area (TPSA) is 41.6 Å². The molecule has 0 aliphatic carbocycles. The van der Waals surface area contributed by atoms with E-state index >= 15 is 0 Å². The van der Waals surface area contributed by atoms with Gasteiger partial charge in [0.05, 0.1) is 0 Å². The maximum absolute atomic E-state index is 12.0. The van der Waals surface area contributed by atoms with Gasteiger partial charge in [0.25, 0.3) is 0 Å². The van der Waals surface area contributed by atoms with Gasteiger partial charge in [0.15, 0.2) is 0 Å². The Hall–Kier alpha value is -1.55. The summed E-state index contributed by atoms with van der Waals surface area (Å²) in [5.74, 6) is 0. The second kappa shape index (κ2) is 5.21. The van der Waals surface area contributed by atoms with Crippen LogP contribution in [-0.2, 0) is 11.3 Å². The normalized spacial score (nSPS) is 26.0. The summed E-state index contributed by atoms with van der Waals surface area (Å²) in [5, 5.41) is 3.54. The van der Waals surface area contributed by atoms with Gasteiger partial charge in [-0.05, 0) is 31.4 Å². The van der Waals surface area contributed by atoms with E-state index in [1.54, 1.807) is 0 Å². The van der Waals surface area contributed by atoms with Crippen LogP contribution in [0, 0.1) is 0 Å². The summed E-state index contributed by atoms with van der Waals surface area (Å²) >= 11 is 0. The molecule has 2 heterocycles. The number of nitrogens with one attached hydrogen (secondary N) is 1. The minimum Gasteiger partial charge on any atom is -0.445 e. The Balaban J connectivity index is 1.51. The van der Waals surface area contributed by atoms with E-state index in [2.05, 4.69) is 5.32 Å². The average molecular weight is 260 g/mol. The highest BCUT2D eigenvalue weighted by Crippen LogP contribution is 2.30. The molecule has 4 heteroatoms. The number of nitrogens with zero attached hydrogens (tertiary/aromatic N) is 1. The standard InChI is InChI=1S/C15H20N2O2/c18-14(19-11-13-5-2-1-3-6-13)17-10-8-15(12-17)7-4-9-16-15/h1-3,5-6,16H,4,7-12H2. The van der Waals surface area contributed by atoms with E-state index in [4.69, 9.17) is 4.74 Å². The summed E-state index contributed by atoms with van der Waals surface area (Å²) in [7, 11) is 0. The number of carbonyl (C=O) groups is 1. The molecule has 1 unspecified atom stereocenters. The van der Waals surface area contributed by atoms with Gasteiger partial charge < -0.3 is 15.0 Å². The minimum atomic E-state index is -0.186. The maximum Gasteiger partial charge on any atom is 0.410 e. The molecule has 2 aliphatic rings. The van der Waals surface area contributed by atoms with Crippen LogP contribution >= 0.6 is 0 Å². The first-order valence-corrected chi connectivity index (χ1v) is 6.98.